The third-order valence-electron chi connectivity index (χ3n) is 4.87. The third kappa shape index (κ3) is 2.79. The molecular formula is C16H20F2N2O. The Labute approximate surface area is 123 Å². The zero-order valence-electron chi connectivity index (χ0n) is 12.2. The van der Waals surface area contributed by atoms with Crippen molar-refractivity contribution >= 4 is 5.91 Å². The predicted molar refractivity (Wildman–Crippen MR) is 75.5 cm³/mol. The van der Waals surface area contributed by atoms with Crippen LogP contribution in [0.1, 0.15) is 24.8 Å². The molecule has 1 unspecified atom stereocenters. The van der Waals surface area contributed by atoms with Gasteiger partial charge in [-0.25, -0.2) is 8.78 Å². The second kappa shape index (κ2) is 5.37. The van der Waals surface area contributed by atoms with Crippen molar-refractivity contribution in [3.05, 3.63) is 35.4 Å². The van der Waals surface area contributed by atoms with Crippen molar-refractivity contribution in [3.8, 4) is 0 Å². The van der Waals surface area contributed by atoms with Crippen molar-refractivity contribution < 1.29 is 13.6 Å². The molecule has 0 aromatic heterocycles. The molecule has 1 saturated heterocycles. The maximum Gasteiger partial charge on any atom is 0.226 e. The molecule has 2 aliphatic rings. The minimum atomic E-state index is -0.866. The third-order valence-corrected chi connectivity index (χ3v) is 4.87. The van der Waals surface area contributed by atoms with Crippen LogP contribution in [-0.4, -0.2) is 30.9 Å². The molecule has 1 aromatic carbocycles. The molecule has 3 nitrogen and oxygen atoms in total. The summed E-state index contributed by atoms with van der Waals surface area (Å²) < 4.78 is 26.1. The highest BCUT2D eigenvalue weighted by Crippen LogP contribution is 2.59. The summed E-state index contributed by atoms with van der Waals surface area (Å²) in [6, 6.07) is 3.79. The van der Waals surface area contributed by atoms with Gasteiger partial charge in [-0.1, -0.05) is 6.07 Å². The van der Waals surface area contributed by atoms with Crippen LogP contribution in [0.25, 0.3) is 0 Å². The molecule has 21 heavy (non-hydrogen) atoms. The lowest BCUT2D eigenvalue weighted by Gasteiger charge is -2.25. The van der Waals surface area contributed by atoms with Gasteiger partial charge in [0.25, 0.3) is 0 Å². The SMILES string of the molecule is CN(Cc1ccc(F)c(F)c1)C(=O)C1CC12CCNCC2. The molecule has 1 saturated carbocycles. The number of amides is 1. The first-order chi connectivity index (χ1) is 10.0. The molecule has 5 heteroatoms. The number of rotatable bonds is 3. The molecule has 114 valence electrons. The van der Waals surface area contributed by atoms with E-state index in [9.17, 15) is 13.6 Å². The fourth-order valence-corrected chi connectivity index (χ4v) is 3.43. The smallest absolute Gasteiger partial charge is 0.226 e. The largest absolute Gasteiger partial charge is 0.341 e. The van der Waals surface area contributed by atoms with E-state index in [0.29, 0.717) is 12.1 Å². The van der Waals surface area contributed by atoms with Gasteiger partial charge in [0.1, 0.15) is 0 Å². The molecule has 1 heterocycles. The summed E-state index contributed by atoms with van der Waals surface area (Å²) in [7, 11) is 1.73. The lowest BCUT2D eigenvalue weighted by Crippen LogP contribution is -2.34. The molecule has 1 aliphatic carbocycles. The van der Waals surface area contributed by atoms with E-state index in [1.54, 1.807) is 11.9 Å². The summed E-state index contributed by atoms with van der Waals surface area (Å²) >= 11 is 0. The maximum absolute atomic E-state index is 13.2. The van der Waals surface area contributed by atoms with Crippen LogP contribution in [0.15, 0.2) is 18.2 Å². The highest BCUT2D eigenvalue weighted by molar-refractivity contribution is 5.82. The van der Waals surface area contributed by atoms with Crippen LogP contribution in [0.4, 0.5) is 8.78 Å². The summed E-state index contributed by atoms with van der Waals surface area (Å²) in [6.45, 7) is 2.29. The van der Waals surface area contributed by atoms with Crippen molar-refractivity contribution in [1.29, 1.82) is 0 Å². The van der Waals surface area contributed by atoms with Crippen LogP contribution in [0, 0.1) is 23.0 Å². The Bertz CT molecular complexity index is 555. The fourth-order valence-electron chi connectivity index (χ4n) is 3.43. The first kappa shape index (κ1) is 14.4. The molecule has 1 spiro atoms. The summed E-state index contributed by atoms with van der Waals surface area (Å²) in [6.07, 6.45) is 3.08. The molecule has 1 N–H and O–H groups in total. The van der Waals surface area contributed by atoms with Crippen molar-refractivity contribution in [2.24, 2.45) is 11.3 Å². The van der Waals surface area contributed by atoms with Crippen LogP contribution < -0.4 is 5.32 Å². The van der Waals surface area contributed by atoms with Gasteiger partial charge in [0, 0.05) is 19.5 Å². The van der Waals surface area contributed by atoms with Gasteiger partial charge in [-0.15, -0.1) is 0 Å². The van der Waals surface area contributed by atoms with Crippen LogP contribution in [0.3, 0.4) is 0 Å². The Morgan fingerprint density at radius 3 is 2.71 bits per heavy atom. The quantitative estimate of drug-likeness (QED) is 0.928. The lowest BCUT2D eigenvalue weighted by atomic mass is 9.91. The molecule has 0 radical (unpaired) electrons. The lowest BCUT2D eigenvalue weighted by molar-refractivity contribution is -0.132. The molecule has 1 aliphatic heterocycles. The minimum Gasteiger partial charge on any atom is -0.341 e. The van der Waals surface area contributed by atoms with E-state index in [1.165, 1.54) is 6.07 Å². The van der Waals surface area contributed by atoms with Gasteiger partial charge in [0.15, 0.2) is 11.6 Å². The molecule has 1 aromatic rings. The number of carbonyl (C=O) groups excluding carboxylic acids is 1. The monoisotopic (exact) mass is 294 g/mol. The second-order valence-corrected chi connectivity index (χ2v) is 6.31. The Balaban J connectivity index is 1.61. The Morgan fingerprint density at radius 2 is 2.05 bits per heavy atom. The predicted octanol–water partition coefficient (Wildman–Crippen LogP) is 2.31. The van der Waals surface area contributed by atoms with Crippen LogP contribution in [0.2, 0.25) is 0 Å². The Morgan fingerprint density at radius 1 is 1.33 bits per heavy atom. The molecule has 1 amide bonds. The van der Waals surface area contributed by atoms with E-state index in [-0.39, 0.29) is 17.2 Å². The summed E-state index contributed by atoms with van der Waals surface area (Å²) in [5.74, 6) is -1.49. The standard InChI is InChI=1S/C16H20F2N2O/c1-20(10-11-2-3-13(17)14(18)8-11)15(21)12-9-16(12)4-6-19-7-5-16/h2-3,8,12,19H,4-7,9-10H2,1H3. The van der Waals surface area contributed by atoms with E-state index in [4.69, 9.17) is 0 Å². The van der Waals surface area contributed by atoms with Gasteiger partial charge in [-0.2, -0.15) is 0 Å². The zero-order valence-corrected chi connectivity index (χ0v) is 12.2. The fraction of sp³-hybridized carbons (Fsp3) is 0.562. The van der Waals surface area contributed by atoms with Crippen molar-refractivity contribution in [2.45, 2.75) is 25.8 Å². The minimum absolute atomic E-state index is 0.106. The highest BCUT2D eigenvalue weighted by atomic mass is 19.2. The van der Waals surface area contributed by atoms with Crippen LogP contribution in [0.5, 0.6) is 0 Å². The van der Waals surface area contributed by atoms with Crippen LogP contribution >= 0.6 is 0 Å². The Hall–Kier alpha value is -1.49. The number of benzene rings is 1. The maximum atomic E-state index is 13.2. The first-order valence-corrected chi connectivity index (χ1v) is 7.41. The molecular weight excluding hydrogens is 274 g/mol. The summed E-state index contributed by atoms with van der Waals surface area (Å²) in [4.78, 5) is 14.1. The van der Waals surface area contributed by atoms with E-state index in [1.807, 2.05) is 0 Å². The van der Waals surface area contributed by atoms with Crippen molar-refractivity contribution in [2.75, 3.05) is 20.1 Å². The average molecular weight is 294 g/mol. The normalized spacial score (nSPS) is 23.1. The van der Waals surface area contributed by atoms with Gasteiger partial charge in [-0.3, -0.25) is 4.79 Å². The van der Waals surface area contributed by atoms with E-state index in [2.05, 4.69) is 5.32 Å². The van der Waals surface area contributed by atoms with Gasteiger partial charge in [-0.05, 0) is 55.5 Å². The summed E-state index contributed by atoms with van der Waals surface area (Å²) in [5.41, 5.74) is 0.815. The molecule has 3 rings (SSSR count). The molecule has 0 bridgehead atoms. The van der Waals surface area contributed by atoms with Crippen molar-refractivity contribution in [3.63, 3.8) is 0 Å². The second-order valence-electron chi connectivity index (χ2n) is 6.31. The van der Waals surface area contributed by atoms with E-state index in [0.717, 1.165) is 44.5 Å². The highest BCUT2D eigenvalue weighted by Gasteiger charge is 2.58. The number of piperidine rings is 1. The number of carbonyl (C=O) groups is 1. The molecule has 1 atom stereocenters. The molecule has 2 fully saturated rings. The number of halogens is 2. The van der Waals surface area contributed by atoms with Crippen LogP contribution in [-0.2, 0) is 11.3 Å². The topological polar surface area (TPSA) is 32.3 Å². The van der Waals surface area contributed by atoms with E-state index >= 15 is 0 Å². The number of nitrogens with one attached hydrogen (secondary N) is 1. The van der Waals surface area contributed by atoms with Crippen molar-refractivity contribution in [1.82, 2.24) is 10.2 Å². The van der Waals surface area contributed by atoms with Gasteiger partial charge < -0.3 is 10.2 Å². The Kier molecular flexibility index (Phi) is 3.69. The number of nitrogens with zero attached hydrogens (tertiary/aromatic N) is 1. The average Bonchev–Trinajstić information content (AvgIpc) is 3.16. The van der Waals surface area contributed by atoms with Gasteiger partial charge in [0.2, 0.25) is 5.91 Å². The van der Waals surface area contributed by atoms with Gasteiger partial charge in [0.05, 0.1) is 0 Å². The van der Waals surface area contributed by atoms with Gasteiger partial charge >= 0.3 is 0 Å². The number of hydrogen-bond donors (Lipinski definition) is 1. The van der Waals surface area contributed by atoms with E-state index < -0.39 is 11.6 Å². The zero-order chi connectivity index (χ0) is 15.0. The number of hydrogen-bond acceptors (Lipinski definition) is 2. The first-order valence-electron chi connectivity index (χ1n) is 7.41. The summed E-state index contributed by atoms with van der Waals surface area (Å²) in [5, 5.41) is 3.32.